The van der Waals surface area contributed by atoms with E-state index in [4.69, 9.17) is 0 Å². The number of benzene rings is 1. The summed E-state index contributed by atoms with van der Waals surface area (Å²) in [5.41, 5.74) is 3.28. The van der Waals surface area contributed by atoms with E-state index in [1.54, 1.807) is 62.0 Å². The smallest absolute Gasteiger partial charge is 0.337 e. The molecule has 9 heteroatoms. The zero-order valence-corrected chi connectivity index (χ0v) is 17.2. The predicted molar refractivity (Wildman–Crippen MR) is 112 cm³/mol. The van der Waals surface area contributed by atoms with Gasteiger partial charge in [0.15, 0.2) is 15.5 Å². The van der Waals surface area contributed by atoms with Gasteiger partial charge in [0.2, 0.25) is 0 Å². The average Bonchev–Trinajstić information content (AvgIpc) is 3.34. The molecule has 0 aliphatic heterocycles. The second kappa shape index (κ2) is 7.09. The van der Waals surface area contributed by atoms with Crippen molar-refractivity contribution >= 4 is 38.3 Å². The predicted octanol–water partition coefficient (Wildman–Crippen LogP) is 4.23. The van der Waals surface area contributed by atoms with Crippen molar-refractivity contribution in [2.45, 2.75) is 24.0 Å². The van der Waals surface area contributed by atoms with E-state index in [9.17, 15) is 18.3 Å². The summed E-state index contributed by atoms with van der Waals surface area (Å²) in [6.07, 6.45) is 3.30. The van der Waals surface area contributed by atoms with E-state index < -0.39 is 21.1 Å². The Kier molecular flexibility index (Phi) is 4.71. The molecule has 4 rings (SSSR count). The van der Waals surface area contributed by atoms with Crippen LogP contribution >= 0.6 is 11.3 Å². The van der Waals surface area contributed by atoms with E-state index in [0.29, 0.717) is 27.3 Å². The van der Waals surface area contributed by atoms with Crippen molar-refractivity contribution in [1.82, 2.24) is 15.0 Å². The van der Waals surface area contributed by atoms with Crippen molar-refractivity contribution in [2.24, 2.45) is 0 Å². The van der Waals surface area contributed by atoms with Gasteiger partial charge in [-0.3, -0.25) is 0 Å². The van der Waals surface area contributed by atoms with Gasteiger partial charge in [0.05, 0.1) is 32.5 Å². The minimum absolute atomic E-state index is 0.214. The summed E-state index contributed by atoms with van der Waals surface area (Å²) in [6.45, 7) is 3.29. The molecule has 0 atom stereocenters. The molecule has 148 valence electrons. The van der Waals surface area contributed by atoms with Crippen molar-refractivity contribution in [3.05, 3.63) is 53.7 Å². The van der Waals surface area contributed by atoms with E-state index in [1.165, 1.54) is 11.3 Å². The highest BCUT2D eigenvalue weighted by atomic mass is 32.2. The number of rotatable bonds is 5. The number of hydrogen-bond donors (Lipinski definition) is 2. The number of fused-ring (bicyclic) bond motifs is 1. The van der Waals surface area contributed by atoms with E-state index >= 15 is 0 Å². The normalized spacial score (nSPS) is 12.0. The molecule has 0 amide bonds. The Hall–Kier alpha value is -3.04. The van der Waals surface area contributed by atoms with E-state index in [0.717, 1.165) is 5.56 Å². The molecule has 3 aromatic heterocycles. The summed E-state index contributed by atoms with van der Waals surface area (Å²) in [4.78, 5) is 24.4. The van der Waals surface area contributed by atoms with Gasteiger partial charge in [-0.05, 0) is 37.4 Å². The number of carbonyl (C=O) groups is 1. The Morgan fingerprint density at radius 1 is 1.17 bits per heavy atom. The number of sulfone groups is 1. The number of thiophene rings is 1. The van der Waals surface area contributed by atoms with Crippen molar-refractivity contribution < 1.29 is 18.3 Å². The Labute approximate surface area is 171 Å². The van der Waals surface area contributed by atoms with E-state index in [-0.39, 0.29) is 10.5 Å². The maximum absolute atomic E-state index is 12.3. The molecule has 0 radical (unpaired) electrons. The van der Waals surface area contributed by atoms with E-state index in [2.05, 4.69) is 15.0 Å². The lowest BCUT2D eigenvalue weighted by Gasteiger charge is -2.08. The fourth-order valence-corrected chi connectivity index (χ4v) is 4.94. The molecule has 7 nitrogen and oxygen atoms in total. The van der Waals surface area contributed by atoms with Crippen molar-refractivity contribution in [2.75, 3.05) is 0 Å². The first-order chi connectivity index (χ1) is 13.8. The lowest BCUT2D eigenvalue weighted by molar-refractivity contribution is 0.0698. The molecular formula is C20H17N3O4S2. The lowest BCUT2D eigenvalue weighted by atomic mass is 10.1. The summed E-state index contributed by atoms with van der Waals surface area (Å²) in [7, 11) is -3.35. The van der Waals surface area contributed by atoms with Crippen LogP contribution in [0.5, 0.6) is 0 Å². The molecule has 29 heavy (non-hydrogen) atoms. The molecule has 0 spiro atoms. The Morgan fingerprint density at radius 3 is 2.55 bits per heavy atom. The molecule has 0 aliphatic rings. The minimum Gasteiger partial charge on any atom is -0.478 e. The summed E-state index contributed by atoms with van der Waals surface area (Å²) < 4.78 is 24.6. The summed E-state index contributed by atoms with van der Waals surface area (Å²) in [5, 5.41) is 10.6. The number of H-pyrrole nitrogens is 1. The van der Waals surface area contributed by atoms with Gasteiger partial charge >= 0.3 is 5.97 Å². The molecular weight excluding hydrogens is 410 g/mol. The van der Waals surface area contributed by atoms with Gasteiger partial charge in [-0.1, -0.05) is 12.1 Å². The third-order valence-electron chi connectivity index (χ3n) is 4.62. The van der Waals surface area contributed by atoms with Crippen molar-refractivity contribution in [3.8, 4) is 21.7 Å². The summed E-state index contributed by atoms with van der Waals surface area (Å²) in [5.74, 6) is -0.998. The number of nitrogens with zero attached hydrogens (tertiary/aromatic N) is 2. The van der Waals surface area contributed by atoms with Crippen molar-refractivity contribution in [3.63, 3.8) is 0 Å². The number of carboxylic acid groups (broad SMARTS) is 1. The maximum atomic E-state index is 12.3. The van der Waals surface area contributed by atoms with Crippen LogP contribution in [0.1, 0.15) is 24.2 Å². The second-order valence-corrected chi connectivity index (χ2v) is 10.2. The first-order valence-electron chi connectivity index (χ1n) is 8.78. The Balaban J connectivity index is 1.78. The standard InChI is InChI=1S/C20H17N3O4S2/c1-11(2)29(26,27)13-5-3-12(4-6-13)16-10-22-19-17(23-16)15(9-21-19)18-14(20(24)25)7-8-28-18/h3-11H,1-2H3,(H,21,22)(H,24,25). The molecule has 1 aromatic carbocycles. The highest BCUT2D eigenvalue weighted by molar-refractivity contribution is 7.92. The van der Waals surface area contributed by atoms with Gasteiger partial charge in [-0.25, -0.2) is 23.2 Å². The molecule has 2 N–H and O–H groups in total. The number of aromatic nitrogens is 3. The van der Waals surface area contributed by atoms with Gasteiger partial charge in [0.25, 0.3) is 0 Å². The van der Waals surface area contributed by atoms with Gasteiger partial charge in [-0.15, -0.1) is 11.3 Å². The zero-order valence-electron chi connectivity index (χ0n) is 15.6. The van der Waals surface area contributed by atoms with Crippen LogP contribution in [0.25, 0.3) is 32.9 Å². The van der Waals surface area contributed by atoms with Crippen LogP contribution in [-0.4, -0.2) is 39.7 Å². The molecule has 0 saturated carbocycles. The molecule has 4 aromatic rings. The topological polar surface area (TPSA) is 113 Å². The highest BCUT2D eigenvalue weighted by Crippen LogP contribution is 2.34. The lowest BCUT2D eigenvalue weighted by Crippen LogP contribution is -2.13. The minimum atomic E-state index is -3.35. The van der Waals surface area contributed by atoms with Gasteiger partial charge in [0.1, 0.15) is 5.52 Å². The largest absolute Gasteiger partial charge is 0.478 e. The molecule has 0 bridgehead atoms. The molecule has 3 heterocycles. The van der Waals surface area contributed by atoms with Crippen LogP contribution in [0, 0.1) is 0 Å². The Bertz CT molecular complexity index is 1320. The average molecular weight is 428 g/mol. The van der Waals surface area contributed by atoms with Crippen LogP contribution in [0.3, 0.4) is 0 Å². The number of carboxylic acids is 1. The van der Waals surface area contributed by atoms with Crippen LogP contribution in [0.2, 0.25) is 0 Å². The summed E-state index contributed by atoms with van der Waals surface area (Å²) in [6, 6.07) is 8.09. The fourth-order valence-electron chi connectivity index (χ4n) is 2.98. The second-order valence-electron chi connectivity index (χ2n) is 6.74. The van der Waals surface area contributed by atoms with Crippen LogP contribution in [-0.2, 0) is 9.84 Å². The summed E-state index contributed by atoms with van der Waals surface area (Å²) >= 11 is 1.32. The first-order valence-corrected chi connectivity index (χ1v) is 11.2. The monoisotopic (exact) mass is 427 g/mol. The molecule has 0 aliphatic carbocycles. The number of nitrogens with one attached hydrogen (secondary N) is 1. The van der Waals surface area contributed by atoms with Crippen LogP contribution < -0.4 is 0 Å². The van der Waals surface area contributed by atoms with Crippen molar-refractivity contribution in [1.29, 1.82) is 0 Å². The molecule has 0 unspecified atom stereocenters. The third kappa shape index (κ3) is 3.32. The number of hydrogen-bond acceptors (Lipinski definition) is 6. The first kappa shape index (κ1) is 19.3. The fraction of sp³-hybridized carbons (Fsp3) is 0.150. The zero-order chi connectivity index (χ0) is 20.8. The molecule has 0 fully saturated rings. The third-order valence-corrected chi connectivity index (χ3v) is 7.74. The maximum Gasteiger partial charge on any atom is 0.337 e. The van der Waals surface area contributed by atoms with Gasteiger partial charge in [-0.2, -0.15) is 0 Å². The van der Waals surface area contributed by atoms with Gasteiger partial charge in [0, 0.05) is 17.3 Å². The highest BCUT2D eigenvalue weighted by Gasteiger charge is 2.20. The van der Waals surface area contributed by atoms with Crippen LogP contribution in [0.4, 0.5) is 0 Å². The molecule has 0 saturated heterocycles. The SMILES string of the molecule is CC(C)S(=O)(=O)c1ccc(-c2cnc3[nH]cc(-c4sccc4C(=O)O)c3n2)cc1. The van der Waals surface area contributed by atoms with E-state index in [1.807, 2.05) is 0 Å². The number of aromatic carboxylic acids is 1. The Morgan fingerprint density at radius 2 is 1.90 bits per heavy atom. The van der Waals surface area contributed by atoms with Gasteiger partial charge < -0.3 is 10.1 Å². The van der Waals surface area contributed by atoms with Crippen LogP contribution in [0.15, 0.2) is 53.0 Å². The quantitative estimate of drug-likeness (QED) is 0.493. The number of aromatic amines is 1.